The molecule has 1 saturated heterocycles. The molecule has 1 aromatic rings. The molecule has 1 aliphatic rings. The number of piperidine rings is 1. The molecule has 0 bridgehead atoms. The first-order valence-corrected chi connectivity index (χ1v) is 6.04. The fourth-order valence-electron chi connectivity index (χ4n) is 2.26. The minimum atomic E-state index is -0.301. The van der Waals surface area contributed by atoms with Crippen molar-refractivity contribution < 1.29 is 9.53 Å². The molecular formula is C12H19N3O2. The summed E-state index contributed by atoms with van der Waals surface area (Å²) in [5.74, 6) is -0.301. The van der Waals surface area contributed by atoms with Gasteiger partial charge in [0.2, 0.25) is 0 Å². The minimum Gasteiger partial charge on any atom is -0.465 e. The van der Waals surface area contributed by atoms with Gasteiger partial charge < -0.3 is 4.74 Å². The van der Waals surface area contributed by atoms with Gasteiger partial charge in [0.25, 0.3) is 0 Å². The lowest BCUT2D eigenvalue weighted by molar-refractivity contribution is 0.0598. The van der Waals surface area contributed by atoms with E-state index in [0.717, 1.165) is 25.3 Å². The van der Waals surface area contributed by atoms with E-state index in [1.54, 1.807) is 10.9 Å². The highest BCUT2D eigenvalue weighted by molar-refractivity contribution is 5.90. The third-order valence-electron chi connectivity index (χ3n) is 3.13. The predicted molar refractivity (Wildman–Crippen MR) is 63.7 cm³/mol. The van der Waals surface area contributed by atoms with Crippen molar-refractivity contribution >= 4 is 5.97 Å². The van der Waals surface area contributed by atoms with Crippen LogP contribution < -0.4 is 0 Å². The highest BCUT2D eigenvalue weighted by Gasteiger charge is 2.19. The van der Waals surface area contributed by atoms with Gasteiger partial charge in [-0.3, -0.25) is 9.58 Å². The second kappa shape index (κ2) is 5.31. The summed E-state index contributed by atoms with van der Waals surface area (Å²) >= 11 is 0. The number of nitrogens with zero attached hydrogens (tertiary/aromatic N) is 3. The number of carbonyl (C=O) groups is 1. The van der Waals surface area contributed by atoms with Crippen LogP contribution in [0.25, 0.3) is 0 Å². The number of rotatable bonds is 3. The van der Waals surface area contributed by atoms with Crippen molar-refractivity contribution in [2.75, 3.05) is 20.2 Å². The molecule has 0 aromatic carbocycles. The first-order valence-electron chi connectivity index (χ1n) is 6.04. The monoisotopic (exact) mass is 237 g/mol. The zero-order valence-electron chi connectivity index (χ0n) is 10.5. The number of esters is 1. The van der Waals surface area contributed by atoms with Gasteiger partial charge in [0.15, 0.2) is 0 Å². The lowest BCUT2D eigenvalue weighted by atomic mass is 10.1. The van der Waals surface area contributed by atoms with Gasteiger partial charge in [-0.05, 0) is 25.9 Å². The number of methoxy groups -OCH3 is 1. The maximum atomic E-state index is 11.6. The van der Waals surface area contributed by atoms with Crippen molar-refractivity contribution in [2.24, 2.45) is 7.05 Å². The van der Waals surface area contributed by atoms with Crippen LogP contribution >= 0.6 is 0 Å². The predicted octanol–water partition coefficient (Wildman–Crippen LogP) is 1.19. The van der Waals surface area contributed by atoms with E-state index >= 15 is 0 Å². The third kappa shape index (κ3) is 2.85. The molecular weight excluding hydrogens is 218 g/mol. The molecule has 1 aliphatic heterocycles. The molecule has 1 fully saturated rings. The van der Waals surface area contributed by atoms with Crippen LogP contribution in [0, 0.1) is 0 Å². The van der Waals surface area contributed by atoms with Gasteiger partial charge in [-0.2, -0.15) is 5.10 Å². The maximum Gasteiger partial charge on any atom is 0.341 e. The normalized spacial score (nSPS) is 17.1. The van der Waals surface area contributed by atoms with E-state index in [-0.39, 0.29) is 5.97 Å². The number of carbonyl (C=O) groups excluding carboxylic acids is 1. The van der Waals surface area contributed by atoms with Crippen LogP contribution in [0.4, 0.5) is 0 Å². The summed E-state index contributed by atoms with van der Waals surface area (Å²) < 4.78 is 6.44. The molecule has 0 saturated carbocycles. The van der Waals surface area contributed by atoms with Gasteiger partial charge in [0.05, 0.1) is 12.8 Å². The maximum absolute atomic E-state index is 11.6. The third-order valence-corrected chi connectivity index (χ3v) is 3.13. The molecule has 0 N–H and O–H groups in total. The number of likely N-dealkylation sites (tertiary alicyclic amines) is 1. The second-order valence-electron chi connectivity index (χ2n) is 4.49. The number of hydrogen-bond donors (Lipinski definition) is 0. The van der Waals surface area contributed by atoms with Crippen molar-refractivity contribution in [3.63, 3.8) is 0 Å². The van der Waals surface area contributed by atoms with Gasteiger partial charge in [-0.15, -0.1) is 0 Å². The molecule has 0 unspecified atom stereocenters. The first-order chi connectivity index (χ1) is 8.20. The summed E-state index contributed by atoms with van der Waals surface area (Å²) in [6, 6.07) is 0. The Morgan fingerprint density at radius 3 is 2.76 bits per heavy atom. The summed E-state index contributed by atoms with van der Waals surface area (Å²) in [5.41, 5.74) is 1.40. The molecule has 0 aliphatic carbocycles. The molecule has 0 atom stereocenters. The van der Waals surface area contributed by atoms with Crippen LogP contribution in [0.3, 0.4) is 0 Å². The van der Waals surface area contributed by atoms with Crippen LogP contribution in [0.5, 0.6) is 0 Å². The van der Waals surface area contributed by atoms with Gasteiger partial charge in [0, 0.05) is 19.8 Å². The number of aryl methyl sites for hydroxylation is 1. The lowest BCUT2D eigenvalue weighted by Gasteiger charge is -2.25. The molecule has 2 heterocycles. The molecule has 1 aromatic heterocycles. The fourth-order valence-corrected chi connectivity index (χ4v) is 2.26. The van der Waals surface area contributed by atoms with E-state index in [1.165, 1.54) is 26.4 Å². The van der Waals surface area contributed by atoms with E-state index in [0.29, 0.717) is 5.56 Å². The quantitative estimate of drug-likeness (QED) is 0.741. The average Bonchev–Trinajstić information content (AvgIpc) is 2.70. The standard InChI is InChI=1S/C12H19N3O2/c1-14-8-10(12(16)17-2)11(13-14)9-15-6-4-3-5-7-15/h8H,3-7,9H2,1-2H3. The van der Waals surface area contributed by atoms with Crippen LogP contribution in [0.15, 0.2) is 6.20 Å². The average molecular weight is 237 g/mol. The smallest absolute Gasteiger partial charge is 0.341 e. The Kier molecular flexibility index (Phi) is 3.78. The first kappa shape index (κ1) is 12.1. The number of aromatic nitrogens is 2. The van der Waals surface area contributed by atoms with Gasteiger partial charge in [-0.25, -0.2) is 4.79 Å². The molecule has 0 radical (unpaired) electrons. The summed E-state index contributed by atoms with van der Waals surface area (Å²) in [6.07, 6.45) is 5.51. The summed E-state index contributed by atoms with van der Waals surface area (Å²) in [7, 11) is 3.23. The van der Waals surface area contributed by atoms with Gasteiger partial charge in [-0.1, -0.05) is 6.42 Å². The Morgan fingerprint density at radius 2 is 2.12 bits per heavy atom. The van der Waals surface area contributed by atoms with Crippen LogP contribution in [-0.4, -0.2) is 40.8 Å². The Hall–Kier alpha value is -1.36. The topological polar surface area (TPSA) is 47.4 Å². The SMILES string of the molecule is COC(=O)c1cn(C)nc1CN1CCCCC1. The summed E-state index contributed by atoms with van der Waals surface area (Å²) in [4.78, 5) is 13.9. The van der Waals surface area contributed by atoms with Crippen molar-refractivity contribution in [1.82, 2.24) is 14.7 Å². The van der Waals surface area contributed by atoms with E-state index < -0.39 is 0 Å². The van der Waals surface area contributed by atoms with Crippen molar-refractivity contribution in [2.45, 2.75) is 25.8 Å². The largest absolute Gasteiger partial charge is 0.465 e. The van der Waals surface area contributed by atoms with Gasteiger partial charge in [0.1, 0.15) is 5.56 Å². The molecule has 5 heteroatoms. The lowest BCUT2D eigenvalue weighted by Crippen LogP contribution is -2.30. The molecule has 5 nitrogen and oxygen atoms in total. The van der Waals surface area contributed by atoms with Crippen molar-refractivity contribution in [3.8, 4) is 0 Å². The summed E-state index contributed by atoms with van der Waals surface area (Å²) in [5, 5.41) is 4.35. The molecule has 2 rings (SSSR count). The van der Waals surface area contributed by atoms with Crippen LogP contribution in [0.2, 0.25) is 0 Å². The summed E-state index contributed by atoms with van der Waals surface area (Å²) in [6.45, 7) is 2.93. The Balaban J connectivity index is 2.11. The minimum absolute atomic E-state index is 0.301. The number of hydrogen-bond acceptors (Lipinski definition) is 4. The molecule has 94 valence electrons. The van der Waals surface area contributed by atoms with Crippen molar-refractivity contribution in [3.05, 3.63) is 17.5 Å². The van der Waals surface area contributed by atoms with E-state index in [4.69, 9.17) is 4.74 Å². The van der Waals surface area contributed by atoms with Gasteiger partial charge >= 0.3 is 5.97 Å². The van der Waals surface area contributed by atoms with Crippen LogP contribution in [-0.2, 0) is 18.3 Å². The fraction of sp³-hybridized carbons (Fsp3) is 0.667. The van der Waals surface area contributed by atoms with E-state index in [1.807, 2.05) is 7.05 Å². The number of ether oxygens (including phenoxy) is 1. The van der Waals surface area contributed by atoms with E-state index in [9.17, 15) is 4.79 Å². The Labute approximate surface area is 101 Å². The Morgan fingerprint density at radius 1 is 1.41 bits per heavy atom. The molecule has 17 heavy (non-hydrogen) atoms. The zero-order chi connectivity index (χ0) is 12.3. The van der Waals surface area contributed by atoms with E-state index in [2.05, 4.69) is 10.00 Å². The van der Waals surface area contributed by atoms with Crippen molar-refractivity contribution in [1.29, 1.82) is 0 Å². The van der Waals surface area contributed by atoms with Crippen LogP contribution in [0.1, 0.15) is 35.3 Å². The molecule has 0 amide bonds. The molecule has 0 spiro atoms. The zero-order valence-corrected chi connectivity index (χ0v) is 10.5. The highest BCUT2D eigenvalue weighted by atomic mass is 16.5. The second-order valence-corrected chi connectivity index (χ2v) is 4.49. The highest BCUT2D eigenvalue weighted by Crippen LogP contribution is 2.15. The Bertz CT molecular complexity index is 394.